The number of H-pyrrole nitrogens is 1. The third kappa shape index (κ3) is 5.10. The van der Waals surface area contributed by atoms with Gasteiger partial charge in [-0.05, 0) is 11.6 Å². The molecule has 1 aromatic heterocycles. The molecule has 1 aliphatic rings. The highest BCUT2D eigenvalue weighted by atomic mass is 19.4. The molecule has 10 heteroatoms. The Morgan fingerprint density at radius 2 is 2.18 bits per heavy atom. The molecule has 0 spiro atoms. The largest absolute Gasteiger partial charge is 0.416 e. The molecule has 1 aromatic carbocycles. The van der Waals surface area contributed by atoms with E-state index in [0.29, 0.717) is 24.5 Å². The summed E-state index contributed by atoms with van der Waals surface area (Å²) in [7, 11) is 0. The zero-order valence-electron chi connectivity index (χ0n) is 14.9. The molecule has 1 fully saturated rings. The molecule has 1 aliphatic heterocycles. The summed E-state index contributed by atoms with van der Waals surface area (Å²) in [6, 6.07) is 4.25. The quantitative estimate of drug-likeness (QED) is 0.690. The van der Waals surface area contributed by atoms with E-state index in [1.807, 2.05) is 0 Å². The molecular weight excluding hydrogens is 375 g/mol. The molecule has 1 unspecified atom stereocenters. The minimum absolute atomic E-state index is 0.0918. The number of aromatic nitrogens is 2. The molecule has 0 radical (unpaired) electrons. The number of nitrogens with zero attached hydrogens (tertiary/aromatic N) is 2. The van der Waals surface area contributed by atoms with Crippen LogP contribution < -0.4 is 10.6 Å². The molecule has 3 rings (SSSR count). The number of halogens is 3. The first-order valence-electron chi connectivity index (χ1n) is 8.76. The lowest BCUT2D eigenvalue weighted by Gasteiger charge is -2.34. The van der Waals surface area contributed by atoms with E-state index in [1.54, 1.807) is 23.4 Å². The number of piperazine rings is 1. The minimum Gasteiger partial charge on any atom is -0.353 e. The number of benzene rings is 1. The van der Waals surface area contributed by atoms with Crippen molar-refractivity contribution in [1.82, 2.24) is 25.5 Å². The summed E-state index contributed by atoms with van der Waals surface area (Å²) in [6.45, 7) is 1.17. The highest BCUT2D eigenvalue weighted by molar-refractivity contribution is 5.88. The van der Waals surface area contributed by atoms with Gasteiger partial charge in [0, 0.05) is 32.0 Å². The lowest BCUT2D eigenvalue weighted by Crippen LogP contribution is -2.56. The van der Waals surface area contributed by atoms with Gasteiger partial charge >= 0.3 is 6.18 Å². The molecular formula is C18H20F3N5O2. The summed E-state index contributed by atoms with van der Waals surface area (Å²) in [5, 5.41) is 5.38. The van der Waals surface area contributed by atoms with Gasteiger partial charge in [-0.25, -0.2) is 4.98 Å². The summed E-state index contributed by atoms with van der Waals surface area (Å²) in [4.78, 5) is 33.1. The lowest BCUT2D eigenvalue weighted by molar-refractivity contribution is -0.137. The van der Waals surface area contributed by atoms with Crippen LogP contribution >= 0.6 is 0 Å². The first-order chi connectivity index (χ1) is 13.3. The van der Waals surface area contributed by atoms with Gasteiger partial charge in [0.2, 0.25) is 11.8 Å². The fourth-order valence-corrected chi connectivity index (χ4v) is 3.08. The van der Waals surface area contributed by atoms with Gasteiger partial charge < -0.3 is 15.6 Å². The number of hydrogen-bond acceptors (Lipinski definition) is 4. The molecule has 1 atom stereocenters. The van der Waals surface area contributed by atoms with E-state index >= 15 is 0 Å². The summed E-state index contributed by atoms with van der Waals surface area (Å²) in [5.74, 6) is -0.0684. The molecule has 150 valence electrons. The number of imidazole rings is 1. The van der Waals surface area contributed by atoms with Crippen LogP contribution in [0.25, 0.3) is 0 Å². The highest BCUT2D eigenvalue weighted by Crippen LogP contribution is 2.30. The van der Waals surface area contributed by atoms with E-state index in [0.717, 1.165) is 12.1 Å². The molecule has 2 aromatic rings. The van der Waals surface area contributed by atoms with Gasteiger partial charge in [-0.3, -0.25) is 14.5 Å². The maximum absolute atomic E-state index is 12.9. The predicted octanol–water partition coefficient (Wildman–Crippen LogP) is 1.44. The van der Waals surface area contributed by atoms with Crippen LogP contribution in [0.2, 0.25) is 0 Å². The Hall–Kier alpha value is -2.88. The second kappa shape index (κ2) is 8.42. The van der Waals surface area contributed by atoms with Crippen LogP contribution in [0, 0.1) is 0 Å². The van der Waals surface area contributed by atoms with Gasteiger partial charge in [-0.1, -0.05) is 18.2 Å². The topological polar surface area (TPSA) is 90.1 Å². The van der Waals surface area contributed by atoms with E-state index in [9.17, 15) is 22.8 Å². The standard InChI is InChI=1S/C18H20F3N5O2/c19-18(20,21)13-3-1-2-12(8-13)11-26-7-6-24-17(28)14(26)9-16(27)25-10-15-22-4-5-23-15/h1-5,8,14H,6-7,9-11H2,(H,22,23)(H,24,28)(H,25,27). The van der Waals surface area contributed by atoms with Crippen molar-refractivity contribution in [1.29, 1.82) is 0 Å². The van der Waals surface area contributed by atoms with Gasteiger partial charge in [0.1, 0.15) is 5.82 Å². The lowest BCUT2D eigenvalue weighted by atomic mass is 10.1. The van der Waals surface area contributed by atoms with Crippen molar-refractivity contribution in [3.63, 3.8) is 0 Å². The van der Waals surface area contributed by atoms with Gasteiger partial charge in [-0.2, -0.15) is 13.2 Å². The molecule has 3 N–H and O–H groups in total. The number of rotatable bonds is 6. The smallest absolute Gasteiger partial charge is 0.353 e. The summed E-state index contributed by atoms with van der Waals surface area (Å²) in [5.41, 5.74) is -0.301. The van der Waals surface area contributed by atoms with Crippen molar-refractivity contribution < 1.29 is 22.8 Å². The first kappa shape index (κ1) is 19.9. The van der Waals surface area contributed by atoms with E-state index < -0.39 is 17.8 Å². The Morgan fingerprint density at radius 3 is 2.89 bits per heavy atom. The predicted molar refractivity (Wildman–Crippen MR) is 93.7 cm³/mol. The van der Waals surface area contributed by atoms with E-state index in [2.05, 4.69) is 20.6 Å². The second-order valence-electron chi connectivity index (χ2n) is 6.49. The fraction of sp³-hybridized carbons (Fsp3) is 0.389. The number of nitrogens with one attached hydrogen (secondary N) is 3. The Bertz CT molecular complexity index is 823. The summed E-state index contributed by atoms with van der Waals surface area (Å²) < 4.78 is 38.8. The first-order valence-corrected chi connectivity index (χ1v) is 8.76. The summed E-state index contributed by atoms with van der Waals surface area (Å²) in [6.07, 6.45) is -1.33. The van der Waals surface area contributed by atoms with Gasteiger partial charge in [0.25, 0.3) is 0 Å². The molecule has 0 aliphatic carbocycles. The number of carbonyl (C=O) groups excluding carboxylic acids is 2. The zero-order valence-corrected chi connectivity index (χ0v) is 14.9. The van der Waals surface area contributed by atoms with Crippen molar-refractivity contribution in [3.8, 4) is 0 Å². The van der Waals surface area contributed by atoms with Crippen molar-refractivity contribution in [2.24, 2.45) is 0 Å². The Labute approximate surface area is 159 Å². The normalized spacial score (nSPS) is 18.0. The number of carbonyl (C=O) groups is 2. The number of aromatic amines is 1. The Kier molecular flexibility index (Phi) is 5.98. The van der Waals surface area contributed by atoms with E-state index in [1.165, 1.54) is 6.07 Å². The molecule has 28 heavy (non-hydrogen) atoms. The number of alkyl halides is 3. The SMILES string of the molecule is O=C(CC1C(=O)NCCN1Cc1cccc(C(F)(F)F)c1)NCc1ncc[nH]1. The fourth-order valence-electron chi connectivity index (χ4n) is 3.08. The van der Waals surface area contributed by atoms with Gasteiger partial charge in [0.15, 0.2) is 0 Å². The Balaban J connectivity index is 1.65. The van der Waals surface area contributed by atoms with Crippen molar-refractivity contribution in [2.75, 3.05) is 13.1 Å². The molecule has 0 bridgehead atoms. The highest BCUT2D eigenvalue weighted by Gasteiger charge is 2.33. The van der Waals surface area contributed by atoms with Crippen molar-refractivity contribution in [3.05, 3.63) is 53.6 Å². The zero-order chi connectivity index (χ0) is 20.1. The Morgan fingerprint density at radius 1 is 1.36 bits per heavy atom. The van der Waals surface area contributed by atoms with Crippen LogP contribution in [-0.2, 0) is 28.9 Å². The van der Waals surface area contributed by atoms with Crippen LogP contribution in [0.15, 0.2) is 36.7 Å². The molecule has 2 amide bonds. The van der Waals surface area contributed by atoms with Crippen LogP contribution in [-0.4, -0.2) is 45.8 Å². The summed E-state index contributed by atoms with van der Waals surface area (Å²) >= 11 is 0. The minimum atomic E-state index is -4.43. The molecule has 0 saturated carbocycles. The number of hydrogen-bond donors (Lipinski definition) is 3. The van der Waals surface area contributed by atoms with E-state index in [4.69, 9.17) is 0 Å². The average Bonchev–Trinajstić information content (AvgIpc) is 3.16. The molecule has 7 nitrogen and oxygen atoms in total. The monoisotopic (exact) mass is 395 g/mol. The van der Waals surface area contributed by atoms with Crippen molar-refractivity contribution >= 4 is 11.8 Å². The van der Waals surface area contributed by atoms with Crippen LogP contribution in [0.3, 0.4) is 0 Å². The van der Waals surface area contributed by atoms with Crippen LogP contribution in [0.4, 0.5) is 13.2 Å². The van der Waals surface area contributed by atoms with E-state index in [-0.39, 0.29) is 31.3 Å². The maximum Gasteiger partial charge on any atom is 0.416 e. The average molecular weight is 395 g/mol. The molecule has 1 saturated heterocycles. The maximum atomic E-state index is 12.9. The van der Waals surface area contributed by atoms with Crippen LogP contribution in [0.1, 0.15) is 23.4 Å². The van der Waals surface area contributed by atoms with Crippen LogP contribution in [0.5, 0.6) is 0 Å². The van der Waals surface area contributed by atoms with Gasteiger partial charge in [-0.15, -0.1) is 0 Å². The van der Waals surface area contributed by atoms with Gasteiger partial charge in [0.05, 0.1) is 24.6 Å². The second-order valence-corrected chi connectivity index (χ2v) is 6.49. The third-order valence-corrected chi connectivity index (χ3v) is 4.47. The molecule has 2 heterocycles. The van der Waals surface area contributed by atoms with Crippen molar-refractivity contribution in [2.45, 2.75) is 31.7 Å². The third-order valence-electron chi connectivity index (χ3n) is 4.47. The number of amides is 2.